The van der Waals surface area contributed by atoms with Crippen LogP contribution in [0.1, 0.15) is 63.6 Å². The van der Waals surface area contributed by atoms with E-state index in [1.807, 2.05) is 44.2 Å². The molecule has 7 nitrogen and oxygen atoms in total. The molecule has 1 aliphatic carbocycles. The number of hydrogen-bond acceptors (Lipinski definition) is 4. The Kier molecular flexibility index (Phi) is 9.05. The Balaban J connectivity index is 1.75. The number of fused-ring (bicyclic) bond motifs is 1. The Morgan fingerprint density at radius 2 is 1.94 bits per heavy atom. The number of likely N-dealkylation sites (tertiary alicyclic amines) is 1. The summed E-state index contributed by atoms with van der Waals surface area (Å²) in [6, 6.07) is 6.51. The minimum absolute atomic E-state index is 0.0162. The second-order valence-corrected chi connectivity index (χ2v) is 9.13. The lowest BCUT2D eigenvalue weighted by Gasteiger charge is -2.30. The van der Waals surface area contributed by atoms with Crippen molar-refractivity contribution in [3.63, 3.8) is 0 Å². The van der Waals surface area contributed by atoms with Crippen molar-refractivity contribution in [3.05, 3.63) is 59.2 Å². The molecular weight excluding hydrogens is 428 g/mol. The molecule has 0 radical (unpaired) electrons. The molecule has 2 aliphatic rings. The molecule has 1 saturated heterocycles. The summed E-state index contributed by atoms with van der Waals surface area (Å²) >= 11 is 0. The Bertz CT molecular complexity index is 955. The predicted molar refractivity (Wildman–Crippen MR) is 134 cm³/mol. The van der Waals surface area contributed by atoms with Crippen LogP contribution in [-0.2, 0) is 20.8 Å². The van der Waals surface area contributed by atoms with E-state index in [4.69, 9.17) is 0 Å². The van der Waals surface area contributed by atoms with Gasteiger partial charge >= 0.3 is 0 Å². The van der Waals surface area contributed by atoms with Crippen molar-refractivity contribution in [1.82, 2.24) is 20.9 Å². The van der Waals surface area contributed by atoms with Gasteiger partial charge in [-0.05, 0) is 64.6 Å². The van der Waals surface area contributed by atoms with Gasteiger partial charge < -0.3 is 20.9 Å². The van der Waals surface area contributed by atoms with E-state index >= 15 is 0 Å². The first-order chi connectivity index (χ1) is 16.4. The lowest BCUT2D eigenvalue weighted by atomic mass is 10.0. The van der Waals surface area contributed by atoms with Crippen molar-refractivity contribution in [2.45, 2.75) is 77.0 Å². The molecule has 3 rings (SSSR count). The highest BCUT2D eigenvalue weighted by Crippen LogP contribution is 2.31. The van der Waals surface area contributed by atoms with Gasteiger partial charge in [0.25, 0.3) is 0 Å². The fraction of sp³-hybridized carbons (Fsp3) is 0.519. The molecule has 1 aromatic rings. The summed E-state index contributed by atoms with van der Waals surface area (Å²) in [7, 11) is 1.71. The molecule has 0 spiro atoms. The van der Waals surface area contributed by atoms with Crippen molar-refractivity contribution in [2.75, 3.05) is 13.6 Å². The summed E-state index contributed by atoms with van der Waals surface area (Å²) in [5.41, 5.74) is 3.40. The molecule has 2 unspecified atom stereocenters. The number of carbonyl (C=O) groups excluding carboxylic acids is 3. The quantitative estimate of drug-likeness (QED) is 0.488. The van der Waals surface area contributed by atoms with E-state index in [2.05, 4.69) is 28.1 Å². The van der Waals surface area contributed by atoms with Crippen LogP contribution in [0.4, 0.5) is 0 Å². The van der Waals surface area contributed by atoms with Crippen LogP contribution >= 0.6 is 0 Å². The number of allylic oxidation sites excluding steroid dienone is 3. The Morgan fingerprint density at radius 3 is 2.65 bits per heavy atom. The zero-order valence-electron chi connectivity index (χ0n) is 20.8. The topological polar surface area (TPSA) is 90.5 Å². The number of amides is 3. The zero-order chi connectivity index (χ0) is 24.7. The van der Waals surface area contributed by atoms with E-state index in [-0.39, 0.29) is 23.8 Å². The molecule has 3 N–H and O–H groups in total. The van der Waals surface area contributed by atoms with E-state index in [1.165, 1.54) is 11.1 Å². The lowest BCUT2D eigenvalue weighted by molar-refractivity contribution is -0.141. The first-order valence-corrected chi connectivity index (χ1v) is 12.3. The summed E-state index contributed by atoms with van der Waals surface area (Å²) in [6.45, 7) is 6.11. The van der Waals surface area contributed by atoms with Crippen LogP contribution in [0.5, 0.6) is 0 Å². The predicted octanol–water partition coefficient (Wildman–Crippen LogP) is 2.79. The second kappa shape index (κ2) is 12.0. The van der Waals surface area contributed by atoms with Gasteiger partial charge in [0.05, 0.1) is 12.1 Å². The van der Waals surface area contributed by atoms with Gasteiger partial charge in [-0.15, -0.1) is 0 Å². The van der Waals surface area contributed by atoms with Gasteiger partial charge in [0.2, 0.25) is 17.7 Å². The standard InChI is InChI=1S/C27H38N4O3/c1-5-10-19(6-2)17-23(30-25(32)18(3)28-4)27(34)31-16-9-13-24(31)26(33)29-22-15-14-20-11-7-8-12-21(20)22/h5-8,10-12,18,22-24,28H,9,13-17H2,1-4H3,(H,29,33)(H,30,32)/b10-5-,19-6+/t18-,22?,23-,24?/m0/s1. The molecule has 7 heteroatoms. The Morgan fingerprint density at radius 1 is 1.18 bits per heavy atom. The average Bonchev–Trinajstić information content (AvgIpc) is 3.50. The lowest BCUT2D eigenvalue weighted by Crippen LogP contribution is -2.55. The summed E-state index contributed by atoms with van der Waals surface area (Å²) < 4.78 is 0. The number of carbonyl (C=O) groups is 3. The molecule has 1 heterocycles. The SMILES string of the molecule is C/C=C\C(=C/C)C[C@H](NC(=O)[C@H](C)NC)C(=O)N1CCCC1C(=O)NC1CCc2ccccc21. The number of hydrogen-bond donors (Lipinski definition) is 3. The highest BCUT2D eigenvalue weighted by Gasteiger charge is 2.39. The number of nitrogens with zero attached hydrogens (tertiary/aromatic N) is 1. The number of aryl methyl sites for hydroxylation is 1. The van der Waals surface area contributed by atoms with Crippen molar-refractivity contribution in [2.24, 2.45) is 0 Å². The highest BCUT2D eigenvalue weighted by atomic mass is 16.2. The molecule has 34 heavy (non-hydrogen) atoms. The molecule has 1 aliphatic heterocycles. The van der Waals surface area contributed by atoms with Gasteiger partial charge in [-0.2, -0.15) is 0 Å². The van der Waals surface area contributed by atoms with Gasteiger partial charge in [0.1, 0.15) is 12.1 Å². The molecule has 4 atom stereocenters. The van der Waals surface area contributed by atoms with Crippen LogP contribution in [0.3, 0.4) is 0 Å². The largest absolute Gasteiger partial charge is 0.347 e. The molecule has 0 aromatic heterocycles. The third-order valence-corrected chi connectivity index (χ3v) is 6.92. The smallest absolute Gasteiger partial charge is 0.246 e. The number of rotatable bonds is 9. The molecule has 0 bridgehead atoms. The molecule has 0 saturated carbocycles. The van der Waals surface area contributed by atoms with Crippen LogP contribution in [0, 0.1) is 0 Å². The van der Waals surface area contributed by atoms with E-state index in [9.17, 15) is 14.4 Å². The maximum atomic E-state index is 13.7. The maximum absolute atomic E-state index is 13.7. The monoisotopic (exact) mass is 466 g/mol. The number of likely N-dealkylation sites (N-methyl/N-ethyl adjacent to an activating group) is 1. The van der Waals surface area contributed by atoms with Gasteiger partial charge in [-0.3, -0.25) is 14.4 Å². The summed E-state index contributed by atoms with van der Waals surface area (Å²) in [5, 5.41) is 9.02. The summed E-state index contributed by atoms with van der Waals surface area (Å²) in [4.78, 5) is 41.2. The van der Waals surface area contributed by atoms with E-state index in [1.54, 1.807) is 18.9 Å². The summed E-state index contributed by atoms with van der Waals surface area (Å²) in [5.74, 6) is -0.551. The Hall–Kier alpha value is -2.93. The first kappa shape index (κ1) is 25.7. The maximum Gasteiger partial charge on any atom is 0.246 e. The minimum atomic E-state index is -0.730. The van der Waals surface area contributed by atoms with E-state index in [0.717, 1.165) is 24.8 Å². The Labute approximate surface area is 203 Å². The van der Waals surface area contributed by atoms with E-state index in [0.29, 0.717) is 19.4 Å². The molecule has 1 fully saturated rings. The van der Waals surface area contributed by atoms with Crippen molar-refractivity contribution in [1.29, 1.82) is 0 Å². The highest BCUT2D eigenvalue weighted by molar-refractivity contribution is 5.93. The average molecular weight is 467 g/mol. The number of nitrogens with one attached hydrogen (secondary N) is 3. The molecule has 3 amide bonds. The van der Waals surface area contributed by atoms with Gasteiger partial charge in [-0.25, -0.2) is 0 Å². The van der Waals surface area contributed by atoms with Crippen LogP contribution in [0.25, 0.3) is 0 Å². The third kappa shape index (κ3) is 5.95. The minimum Gasteiger partial charge on any atom is -0.347 e. The van der Waals surface area contributed by atoms with E-state index < -0.39 is 18.1 Å². The first-order valence-electron chi connectivity index (χ1n) is 12.3. The number of benzene rings is 1. The normalized spacial score (nSPS) is 21.9. The van der Waals surface area contributed by atoms with Crippen molar-refractivity contribution >= 4 is 17.7 Å². The zero-order valence-corrected chi connectivity index (χ0v) is 20.8. The fourth-order valence-corrected chi connectivity index (χ4v) is 4.84. The van der Waals surface area contributed by atoms with Crippen LogP contribution in [-0.4, -0.2) is 54.3 Å². The van der Waals surface area contributed by atoms with Crippen LogP contribution < -0.4 is 16.0 Å². The molecule has 1 aromatic carbocycles. The van der Waals surface area contributed by atoms with Crippen molar-refractivity contribution in [3.8, 4) is 0 Å². The second-order valence-electron chi connectivity index (χ2n) is 9.13. The van der Waals surface area contributed by atoms with Gasteiger partial charge in [-0.1, -0.05) is 48.1 Å². The summed E-state index contributed by atoms with van der Waals surface area (Å²) in [6.07, 6.45) is 9.40. The molecular formula is C27H38N4O3. The molecule has 184 valence electrons. The van der Waals surface area contributed by atoms with Crippen LogP contribution in [0.2, 0.25) is 0 Å². The third-order valence-electron chi connectivity index (χ3n) is 6.92. The van der Waals surface area contributed by atoms with Crippen molar-refractivity contribution < 1.29 is 14.4 Å². The van der Waals surface area contributed by atoms with Gasteiger partial charge in [0, 0.05) is 13.0 Å². The van der Waals surface area contributed by atoms with Crippen LogP contribution in [0.15, 0.2) is 48.1 Å². The fourth-order valence-electron chi connectivity index (χ4n) is 4.84. The van der Waals surface area contributed by atoms with Gasteiger partial charge in [0.15, 0.2) is 0 Å².